The summed E-state index contributed by atoms with van der Waals surface area (Å²) in [5.41, 5.74) is 3.07. The van der Waals surface area contributed by atoms with Gasteiger partial charge in [-0.05, 0) is 36.8 Å². The van der Waals surface area contributed by atoms with Gasteiger partial charge in [-0.1, -0.05) is 36.4 Å². The Labute approximate surface area is 156 Å². The van der Waals surface area contributed by atoms with Gasteiger partial charge in [0.25, 0.3) is 5.91 Å². The highest BCUT2D eigenvalue weighted by Crippen LogP contribution is 2.36. The van der Waals surface area contributed by atoms with E-state index >= 15 is 0 Å². The number of methoxy groups -OCH3 is 1. The van der Waals surface area contributed by atoms with E-state index in [1.165, 1.54) is 0 Å². The third-order valence-corrected chi connectivity index (χ3v) is 4.30. The number of hydrogen-bond acceptors (Lipinski definition) is 4. The van der Waals surface area contributed by atoms with E-state index in [4.69, 9.17) is 9.15 Å². The summed E-state index contributed by atoms with van der Waals surface area (Å²) in [6.45, 7) is 1.87. The molecule has 5 heteroatoms. The summed E-state index contributed by atoms with van der Waals surface area (Å²) >= 11 is 0. The zero-order valence-corrected chi connectivity index (χ0v) is 15.0. The van der Waals surface area contributed by atoms with Crippen LogP contribution in [-0.4, -0.2) is 18.0 Å². The topological polar surface area (TPSA) is 64.4 Å². The normalized spacial score (nSPS) is 10.7. The minimum absolute atomic E-state index is 0.243. The van der Waals surface area contributed by atoms with Crippen LogP contribution in [0.25, 0.3) is 22.1 Å². The van der Waals surface area contributed by atoms with E-state index < -0.39 is 0 Å². The maximum Gasteiger partial charge on any atom is 0.293 e. The molecule has 2 aromatic heterocycles. The van der Waals surface area contributed by atoms with Crippen LogP contribution >= 0.6 is 0 Å². The van der Waals surface area contributed by atoms with Crippen molar-refractivity contribution in [3.05, 3.63) is 78.2 Å². The summed E-state index contributed by atoms with van der Waals surface area (Å²) in [5, 5.41) is 3.67. The van der Waals surface area contributed by atoms with Crippen LogP contribution in [0.1, 0.15) is 16.2 Å². The van der Waals surface area contributed by atoms with E-state index in [-0.39, 0.29) is 11.7 Å². The Balaban J connectivity index is 1.84. The Hall–Kier alpha value is -3.60. The van der Waals surface area contributed by atoms with Crippen LogP contribution in [0.3, 0.4) is 0 Å². The molecular formula is C22H18N2O3. The van der Waals surface area contributed by atoms with Crippen molar-refractivity contribution >= 4 is 22.7 Å². The lowest BCUT2D eigenvalue weighted by molar-refractivity contribution is 0.0999. The summed E-state index contributed by atoms with van der Waals surface area (Å²) in [6, 6.07) is 20.7. The van der Waals surface area contributed by atoms with Crippen molar-refractivity contribution in [3.8, 4) is 16.9 Å². The molecule has 0 atom stereocenters. The first-order chi connectivity index (χ1) is 13.2. The highest BCUT2D eigenvalue weighted by molar-refractivity contribution is 6.12. The monoisotopic (exact) mass is 358 g/mol. The van der Waals surface area contributed by atoms with Crippen molar-refractivity contribution in [2.24, 2.45) is 0 Å². The number of nitrogens with one attached hydrogen (secondary N) is 1. The number of benzene rings is 2. The van der Waals surface area contributed by atoms with E-state index in [1.54, 1.807) is 19.2 Å². The first-order valence-electron chi connectivity index (χ1n) is 8.56. The lowest BCUT2D eigenvalue weighted by Gasteiger charge is -2.06. The fraction of sp³-hybridized carbons (Fsp3) is 0.0909. The third-order valence-electron chi connectivity index (χ3n) is 4.30. The molecule has 27 heavy (non-hydrogen) atoms. The van der Waals surface area contributed by atoms with Crippen LogP contribution in [0, 0.1) is 6.92 Å². The molecule has 0 saturated carbocycles. The van der Waals surface area contributed by atoms with Gasteiger partial charge in [-0.3, -0.25) is 4.79 Å². The number of furan rings is 1. The Morgan fingerprint density at radius 3 is 2.59 bits per heavy atom. The lowest BCUT2D eigenvalue weighted by Crippen LogP contribution is -2.13. The fourth-order valence-electron chi connectivity index (χ4n) is 3.04. The van der Waals surface area contributed by atoms with Crippen LogP contribution in [-0.2, 0) is 0 Å². The Morgan fingerprint density at radius 1 is 1.04 bits per heavy atom. The number of carbonyl (C=O) groups is 1. The number of rotatable bonds is 4. The van der Waals surface area contributed by atoms with Crippen molar-refractivity contribution in [1.82, 2.24) is 4.98 Å². The fourth-order valence-corrected chi connectivity index (χ4v) is 3.04. The highest BCUT2D eigenvalue weighted by atomic mass is 16.5. The molecule has 0 aliphatic carbocycles. The van der Waals surface area contributed by atoms with E-state index in [9.17, 15) is 4.79 Å². The number of amides is 1. The summed E-state index contributed by atoms with van der Waals surface area (Å²) in [7, 11) is 1.60. The smallest absolute Gasteiger partial charge is 0.293 e. The summed E-state index contributed by atoms with van der Waals surface area (Å²) in [6.07, 6.45) is 0. The Morgan fingerprint density at radius 2 is 1.85 bits per heavy atom. The van der Waals surface area contributed by atoms with Crippen molar-refractivity contribution in [1.29, 1.82) is 0 Å². The molecule has 0 bridgehead atoms. The number of hydrogen-bond donors (Lipinski definition) is 1. The largest absolute Gasteiger partial charge is 0.497 e. The molecule has 4 rings (SSSR count). The number of aryl methyl sites for hydroxylation is 1. The third kappa shape index (κ3) is 3.27. The van der Waals surface area contributed by atoms with Gasteiger partial charge in [-0.2, -0.15) is 0 Å². The van der Waals surface area contributed by atoms with Crippen molar-refractivity contribution in [3.63, 3.8) is 0 Å². The number of ether oxygens (including phenoxy) is 1. The molecule has 0 spiro atoms. The minimum Gasteiger partial charge on any atom is -0.497 e. The van der Waals surface area contributed by atoms with Crippen molar-refractivity contribution < 1.29 is 13.9 Å². The SMILES string of the molecule is COc1ccc2c(-c3ccccc3)c(C(=O)Nc3cccc(C)n3)oc2c1. The standard InChI is InChI=1S/C22H18N2O3/c1-14-7-6-10-19(23-14)24-22(25)21-20(15-8-4-3-5-9-15)17-12-11-16(26-2)13-18(17)27-21/h3-13H,1-2H3,(H,23,24,25). The lowest BCUT2D eigenvalue weighted by atomic mass is 10.0. The minimum atomic E-state index is -0.345. The van der Waals surface area contributed by atoms with Crippen molar-refractivity contribution in [2.45, 2.75) is 6.92 Å². The molecule has 1 amide bonds. The van der Waals surface area contributed by atoms with Gasteiger partial charge < -0.3 is 14.5 Å². The molecule has 0 fully saturated rings. The average molecular weight is 358 g/mol. The van der Waals surface area contributed by atoms with Gasteiger partial charge in [0, 0.05) is 22.7 Å². The molecule has 0 saturated heterocycles. The molecular weight excluding hydrogens is 340 g/mol. The second kappa shape index (κ2) is 6.96. The highest BCUT2D eigenvalue weighted by Gasteiger charge is 2.22. The van der Waals surface area contributed by atoms with Gasteiger partial charge in [0.05, 0.1) is 7.11 Å². The first kappa shape index (κ1) is 16.8. The van der Waals surface area contributed by atoms with Gasteiger partial charge in [-0.15, -0.1) is 0 Å². The predicted octanol–water partition coefficient (Wildman–Crippen LogP) is 5.06. The first-order valence-corrected chi connectivity index (χ1v) is 8.56. The number of pyridine rings is 1. The van der Waals surface area contributed by atoms with Gasteiger partial charge in [0.1, 0.15) is 17.2 Å². The number of nitrogens with zero attached hydrogens (tertiary/aromatic N) is 1. The molecule has 4 aromatic rings. The molecule has 0 radical (unpaired) electrons. The second-order valence-corrected chi connectivity index (χ2v) is 6.15. The zero-order valence-electron chi connectivity index (χ0n) is 15.0. The maximum atomic E-state index is 13.0. The predicted molar refractivity (Wildman–Crippen MR) is 105 cm³/mol. The number of aromatic nitrogens is 1. The Kier molecular flexibility index (Phi) is 4.34. The van der Waals surface area contributed by atoms with E-state index in [0.29, 0.717) is 17.2 Å². The zero-order chi connectivity index (χ0) is 18.8. The summed E-state index contributed by atoms with van der Waals surface area (Å²) in [5.74, 6) is 1.05. The second-order valence-electron chi connectivity index (χ2n) is 6.15. The van der Waals surface area contributed by atoms with E-state index in [2.05, 4.69) is 10.3 Å². The number of anilines is 1. The van der Waals surface area contributed by atoms with E-state index in [1.807, 2.05) is 61.5 Å². The van der Waals surface area contributed by atoms with Crippen molar-refractivity contribution in [2.75, 3.05) is 12.4 Å². The number of fused-ring (bicyclic) bond motifs is 1. The van der Waals surface area contributed by atoms with Crippen LogP contribution in [0.15, 0.2) is 71.1 Å². The van der Waals surface area contributed by atoms with Crippen LogP contribution in [0.5, 0.6) is 5.75 Å². The quantitative estimate of drug-likeness (QED) is 0.553. The molecule has 1 N–H and O–H groups in total. The molecule has 2 aromatic carbocycles. The molecule has 0 unspecified atom stereocenters. The molecule has 5 nitrogen and oxygen atoms in total. The Bertz CT molecular complexity index is 1120. The molecule has 0 aliphatic heterocycles. The van der Waals surface area contributed by atoms with Gasteiger partial charge in [0.15, 0.2) is 0 Å². The maximum absolute atomic E-state index is 13.0. The molecule has 0 aliphatic rings. The molecule has 134 valence electrons. The van der Waals surface area contributed by atoms with Crippen LogP contribution < -0.4 is 10.1 Å². The van der Waals surface area contributed by atoms with Gasteiger partial charge >= 0.3 is 0 Å². The van der Waals surface area contributed by atoms with Gasteiger partial charge in [0.2, 0.25) is 5.76 Å². The van der Waals surface area contributed by atoms with Gasteiger partial charge in [-0.25, -0.2) is 4.98 Å². The van der Waals surface area contributed by atoms with Crippen LogP contribution in [0.4, 0.5) is 5.82 Å². The average Bonchev–Trinajstić information content (AvgIpc) is 3.07. The summed E-state index contributed by atoms with van der Waals surface area (Å²) in [4.78, 5) is 17.3. The number of carbonyl (C=O) groups excluding carboxylic acids is 1. The van der Waals surface area contributed by atoms with Crippen LogP contribution in [0.2, 0.25) is 0 Å². The van der Waals surface area contributed by atoms with E-state index in [0.717, 1.165) is 22.2 Å². The summed E-state index contributed by atoms with van der Waals surface area (Å²) < 4.78 is 11.2. The molecule has 2 heterocycles.